The largest absolute Gasteiger partial charge is 0.462 e. The first-order valence-corrected chi connectivity index (χ1v) is 7.09. The van der Waals surface area contributed by atoms with Crippen molar-refractivity contribution in [2.24, 2.45) is 0 Å². The van der Waals surface area contributed by atoms with E-state index in [0.29, 0.717) is 18.8 Å². The maximum Gasteiger partial charge on any atom is 0.340 e. The van der Waals surface area contributed by atoms with E-state index in [9.17, 15) is 9.18 Å². The van der Waals surface area contributed by atoms with Crippen molar-refractivity contribution in [1.29, 1.82) is 0 Å². The fraction of sp³-hybridized carbons (Fsp3) is 0.533. The van der Waals surface area contributed by atoms with Crippen LogP contribution in [-0.2, 0) is 9.47 Å². The van der Waals surface area contributed by atoms with Crippen molar-refractivity contribution in [2.75, 3.05) is 30.3 Å². The number of carbonyl (C=O) groups is 1. The van der Waals surface area contributed by atoms with E-state index < -0.39 is 11.8 Å². The number of halogens is 1. The minimum Gasteiger partial charge on any atom is -0.462 e. The molecule has 0 radical (unpaired) electrons. The fourth-order valence-corrected chi connectivity index (χ4v) is 2.58. The Morgan fingerprint density at radius 2 is 2.05 bits per heavy atom. The first-order valence-electron chi connectivity index (χ1n) is 7.09. The van der Waals surface area contributed by atoms with Gasteiger partial charge in [0.25, 0.3) is 0 Å². The summed E-state index contributed by atoms with van der Waals surface area (Å²) < 4.78 is 24.8. The zero-order chi connectivity index (χ0) is 15.6. The summed E-state index contributed by atoms with van der Waals surface area (Å²) in [6, 6.07) is 2.64. The van der Waals surface area contributed by atoms with E-state index in [4.69, 9.17) is 15.2 Å². The first-order chi connectivity index (χ1) is 9.92. The average Bonchev–Trinajstić information content (AvgIpc) is 2.37. The molecular weight excluding hydrogens is 275 g/mol. The summed E-state index contributed by atoms with van der Waals surface area (Å²) in [6.07, 6.45) is -0.00603. The monoisotopic (exact) mass is 296 g/mol. The summed E-state index contributed by atoms with van der Waals surface area (Å²) >= 11 is 0. The van der Waals surface area contributed by atoms with Gasteiger partial charge in [0.1, 0.15) is 5.82 Å². The molecule has 1 fully saturated rings. The molecule has 1 heterocycles. The van der Waals surface area contributed by atoms with Crippen molar-refractivity contribution in [3.8, 4) is 0 Å². The number of nitrogens with zero attached hydrogens (tertiary/aromatic N) is 1. The molecule has 0 amide bonds. The average molecular weight is 296 g/mol. The van der Waals surface area contributed by atoms with Crippen molar-refractivity contribution in [2.45, 2.75) is 33.0 Å². The van der Waals surface area contributed by atoms with Crippen LogP contribution < -0.4 is 10.6 Å². The van der Waals surface area contributed by atoms with Crippen LogP contribution in [0.5, 0.6) is 0 Å². The third-order valence-corrected chi connectivity index (χ3v) is 3.37. The van der Waals surface area contributed by atoms with E-state index in [1.54, 1.807) is 6.92 Å². The second-order valence-electron chi connectivity index (χ2n) is 5.27. The predicted octanol–water partition coefficient (Wildman–Crippen LogP) is 2.20. The van der Waals surface area contributed by atoms with Gasteiger partial charge in [-0.1, -0.05) is 0 Å². The van der Waals surface area contributed by atoms with Crippen molar-refractivity contribution in [1.82, 2.24) is 0 Å². The molecule has 1 aromatic rings. The zero-order valence-electron chi connectivity index (χ0n) is 12.6. The maximum atomic E-state index is 14.2. The number of hydrogen-bond donors (Lipinski definition) is 1. The van der Waals surface area contributed by atoms with Crippen LogP contribution in [0.2, 0.25) is 0 Å². The van der Waals surface area contributed by atoms with Gasteiger partial charge in [0.15, 0.2) is 0 Å². The normalized spacial score (nSPS) is 22.2. The molecule has 1 aliphatic rings. The predicted molar refractivity (Wildman–Crippen MR) is 79.0 cm³/mol. The molecule has 1 aromatic carbocycles. The Hall–Kier alpha value is -1.82. The highest BCUT2D eigenvalue weighted by Gasteiger charge is 2.26. The van der Waals surface area contributed by atoms with Crippen LogP contribution in [0, 0.1) is 5.82 Å². The molecule has 2 N–H and O–H groups in total. The van der Waals surface area contributed by atoms with Crippen molar-refractivity contribution >= 4 is 17.3 Å². The highest BCUT2D eigenvalue weighted by Crippen LogP contribution is 2.28. The number of carbonyl (C=O) groups excluding carboxylic acids is 1. The van der Waals surface area contributed by atoms with Crippen LogP contribution in [-0.4, -0.2) is 37.9 Å². The second kappa shape index (κ2) is 6.30. The van der Waals surface area contributed by atoms with Gasteiger partial charge in [-0.2, -0.15) is 0 Å². The van der Waals surface area contributed by atoms with Crippen LogP contribution in [0.4, 0.5) is 15.8 Å². The van der Waals surface area contributed by atoms with Gasteiger partial charge in [-0.05, 0) is 32.9 Å². The summed E-state index contributed by atoms with van der Waals surface area (Å²) in [7, 11) is 0. The van der Waals surface area contributed by atoms with Crippen LogP contribution in [0.1, 0.15) is 31.1 Å². The Kier molecular flexibility index (Phi) is 4.67. The standard InChI is InChI=1S/C15H21FN2O3/c1-4-20-15(19)11-5-14(12(16)6-13(11)17)18-7-9(2)21-10(3)8-18/h5-6,9-10H,4,7-8,17H2,1-3H3/t9-,10+. The number of esters is 1. The number of nitrogens with two attached hydrogens (primary N) is 1. The van der Waals surface area contributed by atoms with E-state index in [2.05, 4.69) is 0 Å². The van der Waals surface area contributed by atoms with Gasteiger partial charge >= 0.3 is 5.97 Å². The van der Waals surface area contributed by atoms with Crippen LogP contribution in [0.15, 0.2) is 12.1 Å². The molecule has 116 valence electrons. The first kappa shape index (κ1) is 15.6. The van der Waals surface area contributed by atoms with E-state index in [0.717, 1.165) is 0 Å². The lowest BCUT2D eigenvalue weighted by Crippen LogP contribution is -2.45. The number of nitrogen functional groups attached to an aromatic ring is 1. The van der Waals surface area contributed by atoms with Crippen molar-refractivity contribution in [3.63, 3.8) is 0 Å². The molecule has 0 unspecified atom stereocenters. The highest BCUT2D eigenvalue weighted by atomic mass is 19.1. The molecule has 2 rings (SSSR count). The SMILES string of the molecule is CCOC(=O)c1cc(N2C[C@@H](C)O[C@@H](C)C2)c(F)cc1N. The minimum absolute atomic E-state index is 0.00301. The number of morpholine rings is 1. The van der Waals surface area contributed by atoms with Gasteiger partial charge in [-0.15, -0.1) is 0 Å². The molecule has 21 heavy (non-hydrogen) atoms. The molecule has 5 nitrogen and oxygen atoms in total. The molecule has 0 saturated carbocycles. The molecule has 1 saturated heterocycles. The Bertz CT molecular complexity index is 526. The van der Waals surface area contributed by atoms with Crippen molar-refractivity contribution in [3.05, 3.63) is 23.5 Å². The summed E-state index contributed by atoms with van der Waals surface area (Å²) in [5.74, 6) is -0.979. The number of benzene rings is 1. The molecule has 2 atom stereocenters. The van der Waals surface area contributed by atoms with Crippen LogP contribution >= 0.6 is 0 Å². The third kappa shape index (κ3) is 3.44. The van der Waals surface area contributed by atoms with Gasteiger partial charge in [0.2, 0.25) is 0 Å². The van der Waals surface area contributed by atoms with Crippen molar-refractivity contribution < 1.29 is 18.7 Å². The molecular formula is C15H21FN2O3. The van der Waals surface area contributed by atoms with Gasteiger partial charge < -0.3 is 20.1 Å². The lowest BCUT2D eigenvalue weighted by molar-refractivity contribution is -0.00539. The summed E-state index contributed by atoms with van der Waals surface area (Å²) in [6.45, 7) is 6.95. The molecule has 0 spiro atoms. The molecule has 0 aromatic heterocycles. The number of rotatable bonds is 3. The lowest BCUT2D eigenvalue weighted by Gasteiger charge is -2.37. The molecule has 1 aliphatic heterocycles. The Balaban J connectivity index is 2.34. The summed E-state index contributed by atoms with van der Waals surface area (Å²) in [4.78, 5) is 13.7. The van der Waals surface area contributed by atoms with Gasteiger partial charge in [-0.3, -0.25) is 0 Å². The quantitative estimate of drug-likeness (QED) is 0.684. The van der Waals surface area contributed by atoms with Crippen LogP contribution in [0.25, 0.3) is 0 Å². The second-order valence-corrected chi connectivity index (χ2v) is 5.27. The summed E-state index contributed by atoms with van der Waals surface area (Å²) in [5, 5.41) is 0. The van der Waals surface area contributed by atoms with E-state index in [-0.39, 0.29) is 30.1 Å². The van der Waals surface area contributed by atoms with Crippen LogP contribution in [0.3, 0.4) is 0 Å². The molecule has 0 bridgehead atoms. The Morgan fingerprint density at radius 3 is 2.62 bits per heavy atom. The third-order valence-electron chi connectivity index (χ3n) is 3.37. The number of ether oxygens (including phenoxy) is 2. The van der Waals surface area contributed by atoms with E-state index in [1.807, 2.05) is 18.7 Å². The van der Waals surface area contributed by atoms with E-state index in [1.165, 1.54) is 12.1 Å². The topological polar surface area (TPSA) is 64.8 Å². The lowest BCUT2D eigenvalue weighted by atomic mass is 10.1. The number of anilines is 2. The Morgan fingerprint density at radius 1 is 1.43 bits per heavy atom. The maximum absolute atomic E-state index is 14.2. The molecule has 0 aliphatic carbocycles. The zero-order valence-corrected chi connectivity index (χ0v) is 12.6. The minimum atomic E-state index is -0.536. The fourth-order valence-electron chi connectivity index (χ4n) is 2.58. The van der Waals surface area contributed by atoms with E-state index >= 15 is 0 Å². The van der Waals surface area contributed by atoms with Gasteiger partial charge in [0.05, 0.1) is 30.1 Å². The highest BCUT2D eigenvalue weighted by molar-refractivity contribution is 5.96. The van der Waals surface area contributed by atoms with Gasteiger partial charge in [0, 0.05) is 18.8 Å². The molecule has 6 heteroatoms. The smallest absolute Gasteiger partial charge is 0.340 e. The van der Waals surface area contributed by atoms with Gasteiger partial charge in [-0.25, -0.2) is 9.18 Å². The Labute approximate surface area is 123 Å². The summed E-state index contributed by atoms with van der Waals surface area (Å²) in [5.41, 5.74) is 6.36. The number of hydrogen-bond acceptors (Lipinski definition) is 5.